The Labute approximate surface area is 130 Å². The summed E-state index contributed by atoms with van der Waals surface area (Å²) >= 11 is 0. The van der Waals surface area contributed by atoms with Crippen molar-refractivity contribution >= 4 is 5.97 Å². The van der Waals surface area contributed by atoms with Crippen LogP contribution in [0.2, 0.25) is 0 Å². The molecule has 3 aliphatic rings. The molecule has 3 rings (SSSR count). The molecule has 3 fully saturated rings. The van der Waals surface area contributed by atoms with E-state index in [-0.39, 0.29) is 17.5 Å². The Morgan fingerprint density at radius 2 is 2.00 bits per heavy atom. The fraction of sp³-hybridized carbons (Fsp3) is 0.947. The third-order valence-corrected chi connectivity index (χ3v) is 6.60. The highest BCUT2D eigenvalue weighted by Crippen LogP contribution is 2.55. The van der Waals surface area contributed by atoms with Gasteiger partial charge in [-0.15, -0.1) is 0 Å². The Bertz CT molecular complexity index is 391. The second-order valence-corrected chi connectivity index (χ2v) is 8.33. The molecule has 2 heteroatoms. The predicted molar refractivity (Wildman–Crippen MR) is 84.8 cm³/mol. The Balaban J connectivity index is 1.69. The van der Waals surface area contributed by atoms with Crippen molar-refractivity contribution in [2.75, 3.05) is 0 Å². The fourth-order valence-electron chi connectivity index (χ4n) is 5.52. The summed E-state index contributed by atoms with van der Waals surface area (Å²) in [5.41, 5.74) is -0.0818. The molecule has 0 N–H and O–H groups in total. The standard InChI is InChI=1S/C19H32O2/c1-4-5-8-19(12-15-6-7-16(19)11-15)21-18(20)17-10-13(2)9-14(17)3/h13-17H,4-12H2,1-3H3. The van der Waals surface area contributed by atoms with Crippen LogP contribution in [0.3, 0.4) is 0 Å². The van der Waals surface area contributed by atoms with E-state index in [1.807, 2.05) is 0 Å². The van der Waals surface area contributed by atoms with Crippen molar-refractivity contribution in [3.05, 3.63) is 0 Å². The van der Waals surface area contributed by atoms with Gasteiger partial charge in [-0.25, -0.2) is 0 Å². The minimum Gasteiger partial charge on any atom is -0.459 e. The lowest BCUT2D eigenvalue weighted by Gasteiger charge is -2.38. The normalized spacial score (nSPS) is 45.2. The number of esters is 1. The van der Waals surface area contributed by atoms with Gasteiger partial charge in [-0.05, 0) is 75.0 Å². The van der Waals surface area contributed by atoms with Gasteiger partial charge in [-0.1, -0.05) is 27.2 Å². The van der Waals surface area contributed by atoms with E-state index in [9.17, 15) is 4.79 Å². The van der Waals surface area contributed by atoms with Gasteiger partial charge >= 0.3 is 5.97 Å². The lowest BCUT2D eigenvalue weighted by molar-refractivity contribution is -0.173. The second-order valence-electron chi connectivity index (χ2n) is 8.33. The van der Waals surface area contributed by atoms with E-state index < -0.39 is 0 Å². The Hall–Kier alpha value is -0.530. The molecule has 0 radical (unpaired) electrons. The highest BCUT2D eigenvalue weighted by atomic mass is 16.6. The highest BCUT2D eigenvalue weighted by Gasteiger charge is 2.54. The van der Waals surface area contributed by atoms with Gasteiger partial charge in [0.25, 0.3) is 0 Å². The average molecular weight is 292 g/mol. The van der Waals surface area contributed by atoms with E-state index in [0.717, 1.165) is 25.2 Å². The molecule has 0 saturated heterocycles. The number of unbranched alkanes of at least 4 members (excludes halogenated alkanes) is 1. The molecule has 0 heterocycles. The number of hydrogen-bond acceptors (Lipinski definition) is 2. The third kappa shape index (κ3) is 2.87. The maximum absolute atomic E-state index is 12.8. The molecule has 2 bridgehead atoms. The van der Waals surface area contributed by atoms with Crippen LogP contribution >= 0.6 is 0 Å². The zero-order chi connectivity index (χ0) is 15.0. The number of carbonyl (C=O) groups excluding carboxylic acids is 1. The van der Waals surface area contributed by atoms with Crippen LogP contribution in [0.4, 0.5) is 0 Å². The molecule has 6 unspecified atom stereocenters. The van der Waals surface area contributed by atoms with Gasteiger partial charge in [0.15, 0.2) is 0 Å². The van der Waals surface area contributed by atoms with Crippen LogP contribution in [0.5, 0.6) is 0 Å². The van der Waals surface area contributed by atoms with E-state index in [2.05, 4.69) is 20.8 Å². The molecule has 3 aliphatic carbocycles. The molecule has 3 saturated carbocycles. The number of fused-ring (bicyclic) bond motifs is 2. The maximum Gasteiger partial charge on any atom is 0.309 e. The van der Waals surface area contributed by atoms with Crippen molar-refractivity contribution in [3.8, 4) is 0 Å². The second kappa shape index (κ2) is 5.93. The fourth-order valence-corrected chi connectivity index (χ4v) is 5.52. The topological polar surface area (TPSA) is 26.3 Å². The maximum atomic E-state index is 12.8. The van der Waals surface area contributed by atoms with Crippen molar-refractivity contribution in [2.45, 2.75) is 84.2 Å². The van der Waals surface area contributed by atoms with E-state index in [1.54, 1.807) is 0 Å². The zero-order valence-corrected chi connectivity index (χ0v) is 14.1. The molecule has 120 valence electrons. The van der Waals surface area contributed by atoms with Gasteiger partial charge in [-0.3, -0.25) is 4.79 Å². The molecule has 0 aliphatic heterocycles. The quantitative estimate of drug-likeness (QED) is 0.669. The summed E-state index contributed by atoms with van der Waals surface area (Å²) in [6, 6.07) is 0. The van der Waals surface area contributed by atoms with Gasteiger partial charge in [0, 0.05) is 0 Å². The minimum atomic E-state index is -0.0818. The lowest BCUT2D eigenvalue weighted by atomic mass is 9.80. The zero-order valence-electron chi connectivity index (χ0n) is 14.1. The summed E-state index contributed by atoms with van der Waals surface area (Å²) in [4.78, 5) is 12.8. The Kier molecular flexibility index (Phi) is 4.34. The molecular weight excluding hydrogens is 260 g/mol. The van der Waals surface area contributed by atoms with Gasteiger partial charge < -0.3 is 4.74 Å². The van der Waals surface area contributed by atoms with Crippen LogP contribution in [0.1, 0.15) is 78.6 Å². The summed E-state index contributed by atoms with van der Waals surface area (Å²) in [6.07, 6.45) is 10.9. The van der Waals surface area contributed by atoms with Gasteiger partial charge in [-0.2, -0.15) is 0 Å². The average Bonchev–Trinajstić information content (AvgIpc) is 3.11. The van der Waals surface area contributed by atoms with Crippen LogP contribution in [-0.2, 0) is 9.53 Å². The lowest BCUT2D eigenvalue weighted by Crippen LogP contribution is -2.42. The first kappa shape index (κ1) is 15.4. The molecule has 21 heavy (non-hydrogen) atoms. The summed E-state index contributed by atoms with van der Waals surface area (Å²) < 4.78 is 6.30. The summed E-state index contributed by atoms with van der Waals surface area (Å²) in [7, 11) is 0. The van der Waals surface area contributed by atoms with Crippen molar-refractivity contribution in [1.29, 1.82) is 0 Å². The van der Waals surface area contributed by atoms with Crippen LogP contribution in [-0.4, -0.2) is 11.6 Å². The predicted octanol–water partition coefficient (Wildman–Crippen LogP) is 4.96. The van der Waals surface area contributed by atoms with Crippen LogP contribution in [0.25, 0.3) is 0 Å². The van der Waals surface area contributed by atoms with Crippen molar-refractivity contribution in [1.82, 2.24) is 0 Å². The molecular formula is C19H32O2. The summed E-state index contributed by atoms with van der Waals surface area (Å²) in [5.74, 6) is 2.98. The van der Waals surface area contributed by atoms with Crippen LogP contribution in [0.15, 0.2) is 0 Å². The van der Waals surface area contributed by atoms with E-state index in [1.165, 1.54) is 38.5 Å². The SMILES string of the molecule is CCCCC1(OC(=O)C2CC(C)CC2C)CC2CCC1C2. The summed E-state index contributed by atoms with van der Waals surface area (Å²) in [6.45, 7) is 6.74. The first-order valence-electron chi connectivity index (χ1n) is 9.27. The Morgan fingerprint density at radius 1 is 1.19 bits per heavy atom. The van der Waals surface area contributed by atoms with Gasteiger partial charge in [0.1, 0.15) is 5.60 Å². The number of hydrogen-bond donors (Lipinski definition) is 0. The molecule has 0 aromatic carbocycles. The molecule has 2 nitrogen and oxygen atoms in total. The monoisotopic (exact) mass is 292 g/mol. The molecule has 0 aromatic rings. The number of rotatable bonds is 5. The first-order chi connectivity index (χ1) is 10.0. The van der Waals surface area contributed by atoms with Crippen LogP contribution < -0.4 is 0 Å². The highest BCUT2D eigenvalue weighted by molar-refractivity contribution is 5.73. The Morgan fingerprint density at radius 3 is 2.52 bits per heavy atom. The van der Waals surface area contributed by atoms with Crippen LogP contribution in [0, 0.1) is 29.6 Å². The van der Waals surface area contributed by atoms with Crippen molar-refractivity contribution in [2.24, 2.45) is 29.6 Å². The molecule has 0 spiro atoms. The van der Waals surface area contributed by atoms with E-state index in [4.69, 9.17) is 4.74 Å². The molecule has 0 amide bonds. The first-order valence-corrected chi connectivity index (χ1v) is 9.27. The minimum absolute atomic E-state index is 0.0818. The largest absolute Gasteiger partial charge is 0.459 e. The van der Waals surface area contributed by atoms with Gasteiger partial charge in [0.05, 0.1) is 5.92 Å². The van der Waals surface area contributed by atoms with E-state index >= 15 is 0 Å². The molecule has 0 aromatic heterocycles. The van der Waals surface area contributed by atoms with Crippen molar-refractivity contribution < 1.29 is 9.53 Å². The molecule has 6 atom stereocenters. The van der Waals surface area contributed by atoms with Gasteiger partial charge in [0.2, 0.25) is 0 Å². The third-order valence-electron chi connectivity index (χ3n) is 6.60. The summed E-state index contributed by atoms with van der Waals surface area (Å²) in [5, 5.41) is 0. The smallest absolute Gasteiger partial charge is 0.309 e. The number of carbonyl (C=O) groups is 1. The van der Waals surface area contributed by atoms with Crippen molar-refractivity contribution in [3.63, 3.8) is 0 Å². The number of ether oxygens (including phenoxy) is 1. The van der Waals surface area contributed by atoms with E-state index in [0.29, 0.717) is 17.8 Å².